The van der Waals surface area contributed by atoms with Crippen molar-refractivity contribution in [2.75, 3.05) is 19.8 Å². The van der Waals surface area contributed by atoms with Crippen molar-refractivity contribution in [3.63, 3.8) is 0 Å². The van der Waals surface area contributed by atoms with Crippen LogP contribution >= 0.6 is 0 Å². The van der Waals surface area contributed by atoms with E-state index < -0.39 is 41.8 Å². The number of carbonyl (C=O) groups excluding carboxylic acids is 2. The van der Waals surface area contributed by atoms with Gasteiger partial charge in [0, 0.05) is 6.61 Å². The molecule has 216 valence electrons. The highest BCUT2D eigenvalue weighted by Crippen LogP contribution is 2.21. The molecule has 0 aliphatic heterocycles. The van der Waals surface area contributed by atoms with Gasteiger partial charge in [-0.25, -0.2) is 9.59 Å². The summed E-state index contributed by atoms with van der Waals surface area (Å²) < 4.78 is 23.0. The van der Waals surface area contributed by atoms with Crippen LogP contribution in [0.2, 0.25) is 0 Å². The molecule has 1 N–H and O–H groups in total. The number of esters is 1. The van der Waals surface area contributed by atoms with Gasteiger partial charge in [-0.3, -0.25) is 0 Å². The zero-order valence-electron chi connectivity index (χ0n) is 24.1. The van der Waals surface area contributed by atoms with Gasteiger partial charge in [0.2, 0.25) is 0 Å². The van der Waals surface area contributed by atoms with Crippen LogP contribution in [0.1, 0.15) is 52.7 Å². The first-order valence-corrected chi connectivity index (χ1v) is 13.5. The van der Waals surface area contributed by atoms with Crippen molar-refractivity contribution in [1.29, 1.82) is 0 Å². The lowest BCUT2D eigenvalue weighted by molar-refractivity contribution is -0.385. The highest BCUT2D eigenvalue weighted by atomic mass is 16.6. The van der Waals surface area contributed by atoms with Gasteiger partial charge in [-0.05, 0) is 57.1 Å². The van der Waals surface area contributed by atoms with Crippen molar-refractivity contribution in [2.24, 2.45) is 11.8 Å². The van der Waals surface area contributed by atoms with E-state index in [1.165, 1.54) is 0 Å². The minimum Gasteiger partial charge on any atom is -0.854 e. The third-order valence-corrected chi connectivity index (χ3v) is 5.78. The molecule has 0 aliphatic rings. The fraction of sp³-hybridized carbons (Fsp3) is 0.548. The second-order valence-electron chi connectivity index (χ2n) is 11.1. The number of amides is 1. The highest BCUT2D eigenvalue weighted by molar-refractivity contribution is 5.81. The minimum atomic E-state index is -1.11. The van der Waals surface area contributed by atoms with Crippen LogP contribution in [0.4, 0.5) is 4.79 Å². The van der Waals surface area contributed by atoms with Gasteiger partial charge in [0.25, 0.3) is 0 Å². The Morgan fingerprint density at radius 2 is 1.49 bits per heavy atom. The maximum atomic E-state index is 13.3. The Hall–Kier alpha value is -2.94. The topological polar surface area (TPSA) is 106 Å². The summed E-state index contributed by atoms with van der Waals surface area (Å²) in [7, 11) is 0. The summed E-state index contributed by atoms with van der Waals surface area (Å²) in [5, 5.41) is 14.9. The van der Waals surface area contributed by atoms with E-state index in [4.69, 9.17) is 18.9 Å². The monoisotopic (exact) mass is 542 g/mol. The van der Waals surface area contributed by atoms with E-state index in [2.05, 4.69) is 5.32 Å². The first-order chi connectivity index (χ1) is 18.5. The average molecular weight is 543 g/mol. The summed E-state index contributed by atoms with van der Waals surface area (Å²) in [5.41, 5.74) is 1.19. The number of carbonyl (C=O) groups is 2. The molecule has 0 bridgehead atoms. The quantitative estimate of drug-likeness (QED) is 0.335. The molecule has 0 aliphatic carbocycles. The summed E-state index contributed by atoms with van der Waals surface area (Å²) >= 11 is 0. The third-order valence-electron chi connectivity index (χ3n) is 5.78. The molecule has 39 heavy (non-hydrogen) atoms. The van der Waals surface area contributed by atoms with Crippen molar-refractivity contribution in [1.82, 2.24) is 5.32 Å². The van der Waals surface area contributed by atoms with Crippen LogP contribution in [0.3, 0.4) is 0 Å². The summed E-state index contributed by atoms with van der Waals surface area (Å²) in [6.07, 6.45) is -1.62. The van der Waals surface area contributed by atoms with Crippen LogP contribution < -0.4 is 10.4 Å². The number of nitrogens with one attached hydrogen (secondary N) is 1. The lowest BCUT2D eigenvalue weighted by Gasteiger charge is -2.35. The predicted molar refractivity (Wildman–Crippen MR) is 148 cm³/mol. The Bertz CT molecular complexity index is 975. The molecule has 2 aromatic carbocycles. The SMILES string of the molecule is CC(C)CO[C@H]([C@H](C[O-])Cc1ccccc1)[C@H](C)OC(=O)[C@H](COCc1ccccc1)NC(=O)OC(C)(C)C. The minimum absolute atomic E-state index is 0.119. The van der Waals surface area contributed by atoms with Crippen molar-refractivity contribution < 1.29 is 33.6 Å². The number of hydrogen-bond acceptors (Lipinski definition) is 7. The molecule has 0 saturated carbocycles. The molecular formula is C31H44NO7-. The fourth-order valence-electron chi connectivity index (χ4n) is 3.96. The largest absolute Gasteiger partial charge is 0.854 e. The predicted octanol–water partition coefficient (Wildman–Crippen LogP) is 4.29. The summed E-state index contributed by atoms with van der Waals surface area (Å²) in [5.74, 6) is -0.878. The summed E-state index contributed by atoms with van der Waals surface area (Å²) in [6.45, 7) is 11.1. The van der Waals surface area contributed by atoms with Crippen molar-refractivity contribution >= 4 is 12.1 Å². The molecular weight excluding hydrogens is 498 g/mol. The Labute approximate surface area is 233 Å². The Balaban J connectivity index is 2.14. The van der Waals surface area contributed by atoms with Crippen LogP contribution in [0.15, 0.2) is 60.7 Å². The lowest BCUT2D eigenvalue weighted by atomic mass is 9.91. The number of hydrogen-bond donors (Lipinski definition) is 1. The average Bonchev–Trinajstić information content (AvgIpc) is 2.87. The molecule has 2 rings (SSSR count). The van der Waals surface area contributed by atoms with E-state index in [0.29, 0.717) is 13.0 Å². The number of ether oxygens (including phenoxy) is 4. The van der Waals surface area contributed by atoms with Crippen molar-refractivity contribution in [2.45, 2.75) is 78.4 Å². The van der Waals surface area contributed by atoms with Crippen LogP contribution in [0.25, 0.3) is 0 Å². The molecule has 1 amide bonds. The van der Waals surface area contributed by atoms with E-state index >= 15 is 0 Å². The van der Waals surface area contributed by atoms with Crippen LogP contribution in [0.5, 0.6) is 0 Å². The van der Waals surface area contributed by atoms with Crippen LogP contribution in [-0.4, -0.2) is 55.7 Å². The molecule has 0 fully saturated rings. The van der Waals surface area contributed by atoms with E-state index in [1.807, 2.05) is 74.5 Å². The van der Waals surface area contributed by atoms with E-state index in [9.17, 15) is 14.7 Å². The molecule has 0 radical (unpaired) electrons. The van der Waals surface area contributed by atoms with Crippen LogP contribution in [-0.2, 0) is 36.8 Å². The van der Waals surface area contributed by atoms with Crippen LogP contribution in [0, 0.1) is 11.8 Å². The number of alkyl carbamates (subject to hydrolysis) is 1. The first-order valence-electron chi connectivity index (χ1n) is 13.5. The number of benzene rings is 2. The molecule has 0 aromatic heterocycles. The van der Waals surface area contributed by atoms with Gasteiger partial charge in [-0.15, -0.1) is 6.61 Å². The molecule has 8 heteroatoms. The van der Waals surface area contributed by atoms with Gasteiger partial charge in [-0.2, -0.15) is 0 Å². The molecule has 0 heterocycles. The first kappa shape index (κ1) is 32.3. The Morgan fingerprint density at radius 1 is 0.897 bits per heavy atom. The lowest BCUT2D eigenvalue weighted by Crippen LogP contribution is -2.49. The van der Waals surface area contributed by atoms with Gasteiger partial charge in [0.1, 0.15) is 11.7 Å². The second-order valence-corrected chi connectivity index (χ2v) is 11.1. The highest BCUT2D eigenvalue weighted by Gasteiger charge is 2.32. The third kappa shape index (κ3) is 12.6. The normalized spacial score (nSPS) is 14.8. The Kier molecular flexibility index (Phi) is 13.4. The Morgan fingerprint density at radius 3 is 2.03 bits per heavy atom. The molecule has 8 nitrogen and oxygen atoms in total. The van der Waals surface area contributed by atoms with Gasteiger partial charge in [0.15, 0.2) is 6.04 Å². The smallest absolute Gasteiger partial charge is 0.408 e. The summed E-state index contributed by atoms with van der Waals surface area (Å²) in [6, 6.07) is 18.1. The maximum absolute atomic E-state index is 13.3. The van der Waals surface area contributed by atoms with E-state index in [1.54, 1.807) is 27.7 Å². The van der Waals surface area contributed by atoms with Gasteiger partial charge < -0.3 is 29.4 Å². The molecule has 0 saturated heterocycles. The van der Waals surface area contributed by atoms with Gasteiger partial charge >= 0.3 is 12.1 Å². The number of rotatable bonds is 15. The standard InChI is InChI=1S/C31H44NO7/c1-22(2)19-37-28(26(18-33)17-24-13-9-7-10-14-24)23(3)38-29(34)27(32-30(35)39-31(4,5)6)21-36-20-25-15-11-8-12-16-25/h7-16,22-23,26-28H,17-21H2,1-6H3,(H,32,35)/q-1/t23-,26-,27-,28-/m0/s1. The van der Waals surface area contributed by atoms with Crippen molar-refractivity contribution in [3.05, 3.63) is 71.8 Å². The molecule has 2 aromatic rings. The zero-order valence-corrected chi connectivity index (χ0v) is 24.1. The van der Waals surface area contributed by atoms with E-state index in [-0.39, 0.29) is 25.7 Å². The maximum Gasteiger partial charge on any atom is 0.408 e. The summed E-state index contributed by atoms with van der Waals surface area (Å²) in [4.78, 5) is 25.8. The van der Waals surface area contributed by atoms with E-state index in [0.717, 1.165) is 11.1 Å². The fourth-order valence-corrected chi connectivity index (χ4v) is 3.96. The molecule has 4 atom stereocenters. The molecule has 0 unspecified atom stereocenters. The van der Waals surface area contributed by atoms with Crippen molar-refractivity contribution in [3.8, 4) is 0 Å². The second kappa shape index (κ2) is 16.2. The molecule has 0 spiro atoms. The van der Waals surface area contributed by atoms with Gasteiger partial charge in [0.05, 0.1) is 19.3 Å². The zero-order chi connectivity index (χ0) is 28.8. The van der Waals surface area contributed by atoms with Gasteiger partial charge in [-0.1, -0.05) is 74.5 Å².